The molecule has 1 aliphatic carbocycles. The second-order valence-corrected chi connectivity index (χ2v) is 4.39. The van der Waals surface area contributed by atoms with Gasteiger partial charge >= 0.3 is 5.97 Å². The van der Waals surface area contributed by atoms with Gasteiger partial charge < -0.3 is 4.74 Å². The van der Waals surface area contributed by atoms with Crippen LogP contribution in [0.15, 0.2) is 5.51 Å². The topological polar surface area (TPSA) is 39.2 Å². The molecule has 3 nitrogen and oxygen atoms in total. The third-order valence-corrected chi connectivity index (χ3v) is 3.56. The lowest BCUT2D eigenvalue weighted by Gasteiger charge is -1.99. The van der Waals surface area contributed by atoms with Crippen LogP contribution in [-0.2, 0) is 9.53 Å². The number of rotatable bonds is 3. The van der Waals surface area contributed by atoms with Gasteiger partial charge in [0.2, 0.25) is 0 Å². The van der Waals surface area contributed by atoms with Gasteiger partial charge in [0.15, 0.2) is 0 Å². The number of nitrogens with zero attached hydrogens (tertiary/aromatic N) is 1. The molecule has 2 unspecified atom stereocenters. The number of carbonyl (C=O) groups excluding carboxylic acids is 1. The fourth-order valence-corrected chi connectivity index (χ4v) is 2.64. The summed E-state index contributed by atoms with van der Waals surface area (Å²) in [5.41, 5.74) is 2.90. The van der Waals surface area contributed by atoms with E-state index < -0.39 is 0 Å². The van der Waals surface area contributed by atoms with Gasteiger partial charge in [-0.15, -0.1) is 11.3 Å². The summed E-state index contributed by atoms with van der Waals surface area (Å²) in [6.45, 7) is 4.31. The lowest BCUT2D eigenvalue weighted by molar-refractivity contribution is -0.144. The normalized spacial score (nSPS) is 24.7. The minimum Gasteiger partial charge on any atom is -0.466 e. The lowest BCUT2D eigenvalue weighted by atomic mass is 10.2. The summed E-state index contributed by atoms with van der Waals surface area (Å²) in [6.07, 6.45) is 0.932. The minimum absolute atomic E-state index is 0.0506. The molecule has 1 heterocycles. The third-order valence-electron chi connectivity index (χ3n) is 2.50. The van der Waals surface area contributed by atoms with Gasteiger partial charge in [-0.25, -0.2) is 4.98 Å². The quantitative estimate of drug-likeness (QED) is 0.719. The Morgan fingerprint density at radius 3 is 3.14 bits per heavy atom. The number of hydrogen-bond donors (Lipinski definition) is 0. The van der Waals surface area contributed by atoms with E-state index in [0.29, 0.717) is 12.5 Å². The first kappa shape index (κ1) is 9.65. The molecule has 4 heteroatoms. The Kier molecular flexibility index (Phi) is 2.54. The van der Waals surface area contributed by atoms with Crippen LogP contribution in [0.3, 0.4) is 0 Å². The molecule has 0 spiro atoms. The van der Waals surface area contributed by atoms with E-state index in [1.54, 1.807) is 11.3 Å². The molecule has 0 saturated heterocycles. The molecule has 1 fully saturated rings. The molecule has 1 aromatic heterocycles. The second kappa shape index (κ2) is 3.69. The van der Waals surface area contributed by atoms with Gasteiger partial charge in [0, 0.05) is 10.8 Å². The number of thiazole rings is 1. The maximum absolute atomic E-state index is 11.4. The highest BCUT2D eigenvalue weighted by Gasteiger charge is 2.46. The average molecular weight is 211 g/mol. The lowest BCUT2D eigenvalue weighted by Crippen LogP contribution is -2.07. The van der Waals surface area contributed by atoms with Gasteiger partial charge in [0.25, 0.3) is 0 Å². The van der Waals surface area contributed by atoms with Crippen molar-refractivity contribution >= 4 is 17.3 Å². The summed E-state index contributed by atoms with van der Waals surface area (Å²) in [4.78, 5) is 16.8. The molecule has 0 bridgehead atoms. The first-order valence-electron chi connectivity index (χ1n) is 4.80. The van der Waals surface area contributed by atoms with E-state index in [9.17, 15) is 4.79 Å². The molecule has 2 atom stereocenters. The number of esters is 1. The number of ether oxygens (including phenoxy) is 1. The van der Waals surface area contributed by atoms with Crippen LogP contribution in [0.5, 0.6) is 0 Å². The Hall–Kier alpha value is -0.900. The zero-order chi connectivity index (χ0) is 10.1. The first-order chi connectivity index (χ1) is 6.74. The van der Waals surface area contributed by atoms with Gasteiger partial charge in [0.05, 0.1) is 23.7 Å². The van der Waals surface area contributed by atoms with Crippen molar-refractivity contribution in [2.75, 3.05) is 6.61 Å². The van der Waals surface area contributed by atoms with Crippen LogP contribution in [0.25, 0.3) is 0 Å². The Balaban J connectivity index is 1.99. The summed E-state index contributed by atoms with van der Waals surface area (Å²) in [5.74, 6) is 0.418. The van der Waals surface area contributed by atoms with Crippen LogP contribution in [0, 0.1) is 12.8 Å². The van der Waals surface area contributed by atoms with Crippen molar-refractivity contribution in [2.24, 2.45) is 5.92 Å². The minimum atomic E-state index is -0.0506. The van der Waals surface area contributed by atoms with Gasteiger partial charge in [-0.05, 0) is 20.3 Å². The van der Waals surface area contributed by atoms with Crippen molar-refractivity contribution in [3.63, 3.8) is 0 Å². The van der Waals surface area contributed by atoms with Crippen LogP contribution >= 0.6 is 11.3 Å². The predicted octanol–water partition coefficient (Wildman–Crippen LogP) is 2.12. The molecule has 14 heavy (non-hydrogen) atoms. The van der Waals surface area contributed by atoms with Crippen LogP contribution in [0.4, 0.5) is 0 Å². The van der Waals surface area contributed by atoms with E-state index >= 15 is 0 Å². The van der Waals surface area contributed by atoms with E-state index in [4.69, 9.17) is 4.74 Å². The fourth-order valence-electron chi connectivity index (χ4n) is 1.66. The molecule has 0 aromatic carbocycles. The monoisotopic (exact) mass is 211 g/mol. The van der Waals surface area contributed by atoms with Crippen molar-refractivity contribution in [2.45, 2.75) is 26.2 Å². The highest BCUT2D eigenvalue weighted by Crippen LogP contribution is 2.50. The van der Waals surface area contributed by atoms with Crippen LogP contribution < -0.4 is 0 Å². The van der Waals surface area contributed by atoms with Crippen molar-refractivity contribution < 1.29 is 9.53 Å². The molecule has 0 aliphatic heterocycles. The number of hydrogen-bond acceptors (Lipinski definition) is 4. The Morgan fingerprint density at radius 1 is 1.79 bits per heavy atom. The Labute approximate surface area is 87.1 Å². The predicted molar refractivity (Wildman–Crippen MR) is 54.3 cm³/mol. The van der Waals surface area contributed by atoms with E-state index in [1.165, 1.54) is 4.88 Å². The summed E-state index contributed by atoms with van der Waals surface area (Å²) >= 11 is 1.64. The SMILES string of the molecule is CCOC(=O)C1CC1c1scnc1C. The van der Waals surface area contributed by atoms with E-state index in [-0.39, 0.29) is 11.9 Å². The molecule has 0 amide bonds. The zero-order valence-electron chi connectivity index (χ0n) is 8.32. The highest BCUT2D eigenvalue weighted by atomic mass is 32.1. The molecule has 1 saturated carbocycles. The number of carbonyl (C=O) groups is 1. The zero-order valence-corrected chi connectivity index (χ0v) is 9.13. The Bertz CT molecular complexity index is 348. The van der Waals surface area contributed by atoms with E-state index in [1.807, 2.05) is 19.4 Å². The van der Waals surface area contributed by atoms with Crippen molar-refractivity contribution in [3.8, 4) is 0 Å². The third kappa shape index (κ3) is 1.66. The van der Waals surface area contributed by atoms with Crippen molar-refractivity contribution in [1.82, 2.24) is 4.98 Å². The van der Waals surface area contributed by atoms with E-state index in [0.717, 1.165) is 12.1 Å². The van der Waals surface area contributed by atoms with Crippen LogP contribution in [0.1, 0.15) is 29.8 Å². The summed E-state index contributed by atoms with van der Waals surface area (Å²) in [6, 6.07) is 0. The van der Waals surface area contributed by atoms with Gasteiger partial charge in [-0.2, -0.15) is 0 Å². The molecule has 1 aliphatic rings. The maximum Gasteiger partial charge on any atom is 0.309 e. The highest BCUT2D eigenvalue weighted by molar-refractivity contribution is 7.09. The molecular formula is C10H13NO2S. The summed E-state index contributed by atoms with van der Waals surface area (Å²) in [5, 5.41) is 0. The number of aryl methyl sites for hydroxylation is 1. The molecular weight excluding hydrogens is 198 g/mol. The molecule has 1 aromatic rings. The van der Waals surface area contributed by atoms with Crippen LogP contribution in [0.2, 0.25) is 0 Å². The molecule has 76 valence electrons. The van der Waals surface area contributed by atoms with E-state index in [2.05, 4.69) is 4.98 Å². The van der Waals surface area contributed by atoms with Crippen molar-refractivity contribution in [3.05, 3.63) is 16.1 Å². The second-order valence-electron chi connectivity index (χ2n) is 3.50. The smallest absolute Gasteiger partial charge is 0.309 e. The Morgan fingerprint density at radius 2 is 2.57 bits per heavy atom. The van der Waals surface area contributed by atoms with Gasteiger partial charge in [-0.3, -0.25) is 4.79 Å². The van der Waals surface area contributed by atoms with Gasteiger partial charge in [-0.1, -0.05) is 0 Å². The van der Waals surface area contributed by atoms with Gasteiger partial charge in [0.1, 0.15) is 0 Å². The summed E-state index contributed by atoms with van der Waals surface area (Å²) in [7, 11) is 0. The standard InChI is InChI=1S/C10H13NO2S/c1-3-13-10(12)8-4-7(8)9-6(2)11-5-14-9/h5,7-8H,3-4H2,1-2H3. The number of aromatic nitrogens is 1. The van der Waals surface area contributed by atoms with Crippen molar-refractivity contribution in [1.29, 1.82) is 0 Å². The maximum atomic E-state index is 11.4. The van der Waals surface area contributed by atoms with Crippen LogP contribution in [-0.4, -0.2) is 17.6 Å². The molecule has 2 rings (SSSR count). The largest absolute Gasteiger partial charge is 0.466 e. The first-order valence-corrected chi connectivity index (χ1v) is 5.68. The average Bonchev–Trinajstić information content (AvgIpc) is 2.84. The molecule has 0 radical (unpaired) electrons. The summed E-state index contributed by atoms with van der Waals surface area (Å²) < 4.78 is 4.98. The fraction of sp³-hybridized carbons (Fsp3) is 0.600. The molecule has 0 N–H and O–H groups in total.